The SMILES string of the molecule is COc1cc(/C=C(\C#N)c2nc(N)nc(Nc3ccccc3)n2)ccc1OC(=O)c1ccccc1F. The van der Waals surface area contributed by atoms with Crippen molar-refractivity contribution in [2.45, 2.75) is 0 Å². The zero-order chi connectivity index (χ0) is 25.5. The Kier molecular flexibility index (Phi) is 7.12. The first-order valence-corrected chi connectivity index (χ1v) is 10.6. The van der Waals surface area contributed by atoms with Crippen molar-refractivity contribution < 1.29 is 18.7 Å². The summed E-state index contributed by atoms with van der Waals surface area (Å²) in [5.74, 6) is -1.10. The number of rotatable bonds is 7. The Morgan fingerprint density at radius 3 is 2.50 bits per heavy atom. The van der Waals surface area contributed by atoms with E-state index in [9.17, 15) is 14.4 Å². The van der Waals surface area contributed by atoms with Crippen LogP contribution in [0.1, 0.15) is 21.7 Å². The van der Waals surface area contributed by atoms with Gasteiger partial charge in [0.2, 0.25) is 11.9 Å². The number of ether oxygens (including phenoxy) is 2. The van der Waals surface area contributed by atoms with Gasteiger partial charge in [0.25, 0.3) is 0 Å². The van der Waals surface area contributed by atoms with Gasteiger partial charge in [0.15, 0.2) is 17.3 Å². The summed E-state index contributed by atoms with van der Waals surface area (Å²) in [5.41, 5.74) is 7.01. The van der Waals surface area contributed by atoms with E-state index in [-0.39, 0.29) is 40.4 Å². The molecule has 0 fully saturated rings. The molecule has 9 nitrogen and oxygen atoms in total. The molecule has 0 saturated carbocycles. The molecule has 3 aromatic carbocycles. The minimum atomic E-state index is -0.869. The van der Waals surface area contributed by atoms with Gasteiger partial charge in [-0.15, -0.1) is 0 Å². The molecule has 0 spiro atoms. The quantitative estimate of drug-likeness (QED) is 0.219. The minimum Gasteiger partial charge on any atom is -0.493 e. The average molecular weight is 482 g/mol. The highest BCUT2D eigenvalue weighted by Gasteiger charge is 2.17. The Morgan fingerprint density at radius 1 is 1.03 bits per heavy atom. The standard InChI is InChI=1S/C26H19FN6O3/c1-35-22-14-16(11-12-21(22)36-24(34)19-9-5-6-10-20(19)27)13-17(15-28)23-31-25(29)33-26(32-23)30-18-7-3-2-4-8-18/h2-14H,1H3,(H3,29,30,31,32,33)/b17-13+. The lowest BCUT2D eigenvalue weighted by molar-refractivity contribution is 0.0725. The molecule has 0 bridgehead atoms. The van der Waals surface area contributed by atoms with Gasteiger partial charge in [-0.2, -0.15) is 20.2 Å². The predicted octanol–water partition coefficient (Wildman–Crippen LogP) is 4.63. The first kappa shape index (κ1) is 23.8. The monoisotopic (exact) mass is 482 g/mol. The number of nitrogen functional groups attached to an aromatic ring is 1. The fourth-order valence-electron chi connectivity index (χ4n) is 3.17. The molecule has 4 rings (SSSR count). The second-order valence-electron chi connectivity index (χ2n) is 7.28. The Hall–Kier alpha value is -5.30. The fraction of sp³-hybridized carbons (Fsp3) is 0.0385. The number of nitrogens with one attached hydrogen (secondary N) is 1. The molecule has 0 amide bonds. The molecule has 0 aliphatic rings. The van der Waals surface area contributed by atoms with Gasteiger partial charge in [-0.1, -0.05) is 36.4 Å². The molecule has 1 aromatic heterocycles. The van der Waals surface area contributed by atoms with Gasteiger partial charge in [-0.3, -0.25) is 0 Å². The van der Waals surface area contributed by atoms with Gasteiger partial charge >= 0.3 is 5.97 Å². The van der Waals surface area contributed by atoms with Gasteiger partial charge < -0.3 is 20.5 Å². The number of aromatic nitrogens is 3. The molecule has 4 aromatic rings. The van der Waals surface area contributed by atoms with E-state index in [0.717, 1.165) is 5.69 Å². The Bertz CT molecular complexity index is 1490. The van der Waals surface area contributed by atoms with E-state index in [1.165, 1.54) is 43.5 Å². The summed E-state index contributed by atoms with van der Waals surface area (Å²) >= 11 is 0. The molecule has 36 heavy (non-hydrogen) atoms. The number of nitriles is 1. The lowest BCUT2D eigenvalue weighted by atomic mass is 10.1. The molecule has 0 radical (unpaired) electrons. The van der Waals surface area contributed by atoms with Crippen LogP contribution in [0.15, 0.2) is 72.8 Å². The van der Waals surface area contributed by atoms with Crippen LogP contribution in [0.4, 0.5) is 22.0 Å². The highest BCUT2D eigenvalue weighted by molar-refractivity contribution is 5.92. The smallest absolute Gasteiger partial charge is 0.346 e. The Balaban J connectivity index is 1.61. The number of carbonyl (C=O) groups excluding carboxylic acids is 1. The number of halogens is 1. The largest absolute Gasteiger partial charge is 0.493 e. The van der Waals surface area contributed by atoms with Crippen molar-refractivity contribution in [2.24, 2.45) is 0 Å². The van der Waals surface area contributed by atoms with Crippen LogP contribution in [0.3, 0.4) is 0 Å². The van der Waals surface area contributed by atoms with Gasteiger partial charge in [0.05, 0.1) is 18.2 Å². The Morgan fingerprint density at radius 2 is 1.78 bits per heavy atom. The third kappa shape index (κ3) is 5.60. The number of para-hydroxylation sites is 1. The zero-order valence-corrected chi connectivity index (χ0v) is 19.0. The van der Waals surface area contributed by atoms with Crippen molar-refractivity contribution in [3.05, 3.63) is 95.6 Å². The number of esters is 1. The van der Waals surface area contributed by atoms with Crippen LogP contribution in [0.2, 0.25) is 0 Å². The number of hydrogen-bond acceptors (Lipinski definition) is 9. The van der Waals surface area contributed by atoms with E-state index in [1.54, 1.807) is 12.1 Å². The molecule has 0 aliphatic carbocycles. The number of methoxy groups -OCH3 is 1. The van der Waals surface area contributed by atoms with E-state index in [2.05, 4.69) is 26.3 Å². The number of nitrogens with zero attached hydrogens (tertiary/aromatic N) is 4. The van der Waals surface area contributed by atoms with Crippen LogP contribution in [-0.2, 0) is 0 Å². The van der Waals surface area contributed by atoms with Crippen LogP contribution in [0.5, 0.6) is 11.5 Å². The highest BCUT2D eigenvalue weighted by atomic mass is 19.1. The van der Waals surface area contributed by atoms with Crippen molar-refractivity contribution in [2.75, 3.05) is 18.2 Å². The molecule has 0 aliphatic heterocycles. The molecule has 1 heterocycles. The number of benzene rings is 3. The molecule has 3 N–H and O–H groups in total. The summed E-state index contributed by atoms with van der Waals surface area (Å²) in [6.45, 7) is 0. The third-order valence-electron chi connectivity index (χ3n) is 4.84. The van der Waals surface area contributed by atoms with Crippen LogP contribution >= 0.6 is 0 Å². The van der Waals surface area contributed by atoms with Crippen LogP contribution in [-0.4, -0.2) is 28.0 Å². The lowest BCUT2D eigenvalue weighted by Gasteiger charge is -2.11. The van der Waals surface area contributed by atoms with Gasteiger partial charge in [0, 0.05) is 5.69 Å². The first-order valence-electron chi connectivity index (χ1n) is 10.6. The summed E-state index contributed by atoms with van der Waals surface area (Å²) < 4.78 is 24.6. The zero-order valence-electron chi connectivity index (χ0n) is 19.0. The van der Waals surface area contributed by atoms with Gasteiger partial charge in [0.1, 0.15) is 11.9 Å². The molecule has 0 unspecified atom stereocenters. The number of allylic oxidation sites excluding steroid dienone is 1. The van der Waals surface area contributed by atoms with Crippen LogP contribution < -0.4 is 20.5 Å². The van der Waals surface area contributed by atoms with E-state index >= 15 is 0 Å². The maximum atomic E-state index is 13.9. The minimum absolute atomic E-state index is 0.0624. The maximum absolute atomic E-state index is 13.9. The van der Waals surface area contributed by atoms with Crippen LogP contribution in [0.25, 0.3) is 11.6 Å². The van der Waals surface area contributed by atoms with Crippen molar-refractivity contribution in [3.8, 4) is 17.6 Å². The highest BCUT2D eigenvalue weighted by Crippen LogP contribution is 2.30. The molecule has 10 heteroatoms. The second kappa shape index (κ2) is 10.8. The molecular weight excluding hydrogens is 463 g/mol. The van der Waals surface area contributed by atoms with Crippen molar-refractivity contribution >= 4 is 35.2 Å². The van der Waals surface area contributed by atoms with E-state index in [0.29, 0.717) is 5.56 Å². The molecule has 0 atom stereocenters. The lowest BCUT2D eigenvalue weighted by Crippen LogP contribution is -2.11. The summed E-state index contributed by atoms with van der Waals surface area (Å²) in [6, 6.07) is 21.4. The number of carbonyl (C=O) groups is 1. The summed E-state index contributed by atoms with van der Waals surface area (Å²) in [6.07, 6.45) is 1.52. The third-order valence-corrected chi connectivity index (χ3v) is 4.84. The van der Waals surface area contributed by atoms with E-state index in [1.807, 2.05) is 30.3 Å². The van der Waals surface area contributed by atoms with Crippen molar-refractivity contribution in [1.82, 2.24) is 15.0 Å². The summed E-state index contributed by atoms with van der Waals surface area (Å²) in [5, 5.41) is 12.8. The maximum Gasteiger partial charge on any atom is 0.346 e. The predicted molar refractivity (Wildman–Crippen MR) is 132 cm³/mol. The number of anilines is 3. The number of nitrogens with two attached hydrogens (primary N) is 1. The molecular formula is C26H19FN6O3. The molecule has 0 saturated heterocycles. The molecule has 178 valence electrons. The average Bonchev–Trinajstić information content (AvgIpc) is 2.88. The second-order valence-corrected chi connectivity index (χ2v) is 7.28. The van der Waals surface area contributed by atoms with Crippen LogP contribution in [0, 0.1) is 17.1 Å². The van der Waals surface area contributed by atoms with Gasteiger partial charge in [-0.05, 0) is 48.0 Å². The fourth-order valence-corrected chi connectivity index (χ4v) is 3.17. The van der Waals surface area contributed by atoms with E-state index < -0.39 is 11.8 Å². The topological polar surface area (TPSA) is 136 Å². The first-order chi connectivity index (χ1) is 17.5. The number of hydrogen-bond donors (Lipinski definition) is 2. The Labute approximate surface area is 205 Å². The van der Waals surface area contributed by atoms with Gasteiger partial charge in [-0.25, -0.2) is 9.18 Å². The summed E-state index contributed by atoms with van der Waals surface area (Å²) in [4.78, 5) is 24.8. The van der Waals surface area contributed by atoms with E-state index in [4.69, 9.17) is 15.2 Å². The normalized spacial score (nSPS) is 10.9. The van der Waals surface area contributed by atoms with Crippen molar-refractivity contribution in [3.63, 3.8) is 0 Å². The van der Waals surface area contributed by atoms with Crippen molar-refractivity contribution in [1.29, 1.82) is 5.26 Å². The summed E-state index contributed by atoms with van der Waals surface area (Å²) in [7, 11) is 1.39.